The maximum Gasteiger partial charge on any atom is 0.272 e. The Morgan fingerprint density at radius 1 is 1.42 bits per heavy atom. The van der Waals surface area contributed by atoms with Crippen LogP contribution in [0.5, 0.6) is 0 Å². The number of carbonyl (C=O) groups excluding carboxylic acids is 2. The normalized spacial score (nSPS) is 10.2. The zero-order chi connectivity index (χ0) is 13.7. The first-order valence-electron chi connectivity index (χ1n) is 5.85. The third-order valence-electron chi connectivity index (χ3n) is 2.38. The summed E-state index contributed by atoms with van der Waals surface area (Å²) in [5.74, 6) is -0.588. The van der Waals surface area contributed by atoms with Crippen molar-refractivity contribution < 1.29 is 9.59 Å². The van der Waals surface area contributed by atoms with E-state index >= 15 is 0 Å². The summed E-state index contributed by atoms with van der Waals surface area (Å²) >= 11 is 1.56. The quantitative estimate of drug-likeness (QED) is 0.762. The number of nitrogens with zero attached hydrogens (tertiary/aromatic N) is 1. The second kappa shape index (κ2) is 6.14. The van der Waals surface area contributed by atoms with Crippen molar-refractivity contribution in [2.75, 3.05) is 13.1 Å². The zero-order valence-electron chi connectivity index (χ0n) is 10.4. The van der Waals surface area contributed by atoms with Gasteiger partial charge < -0.3 is 10.6 Å². The van der Waals surface area contributed by atoms with E-state index in [1.165, 1.54) is 0 Å². The Morgan fingerprint density at radius 2 is 2.26 bits per heavy atom. The van der Waals surface area contributed by atoms with Crippen LogP contribution in [0, 0.1) is 0 Å². The van der Waals surface area contributed by atoms with Crippen molar-refractivity contribution in [1.29, 1.82) is 0 Å². The van der Waals surface area contributed by atoms with Crippen LogP contribution >= 0.6 is 11.3 Å². The lowest BCUT2D eigenvalue weighted by atomic mass is 10.3. The van der Waals surface area contributed by atoms with E-state index in [1.54, 1.807) is 17.4 Å². The maximum absolute atomic E-state index is 11.8. The summed E-state index contributed by atoms with van der Waals surface area (Å²) in [5, 5.41) is 13.8. The van der Waals surface area contributed by atoms with Gasteiger partial charge in [0.05, 0.1) is 17.1 Å². The zero-order valence-corrected chi connectivity index (χ0v) is 11.2. The minimum atomic E-state index is -0.370. The molecular formula is C12H14N4O2S. The van der Waals surface area contributed by atoms with Crippen molar-refractivity contribution in [2.24, 2.45) is 0 Å². The number of aromatic amines is 1. The van der Waals surface area contributed by atoms with Crippen LogP contribution in [0.15, 0.2) is 23.6 Å². The maximum atomic E-state index is 11.8. The molecule has 2 heterocycles. The molecule has 2 amide bonds. The molecule has 0 unspecified atom stereocenters. The third-order valence-corrected chi connectivity index (χ3v) is 3.28. The van der Waals surface area contributed by atoms with Crippen molar-refractivity contribution in [1.82, 2.24) is 20.8 Å². The standard InChI is InChI=1S/C12H14N4O2S/c1-2-13-11(17)7-14-12(18)9-6-8(15-16-9)10-4-3-5-19-10/h3-6H,2,7H2,1H3,(H,13,17)(H,14,18)(H,15,16). The molecule has 2 aromatic rings. The molecule has 0 saturated carbocycles. The van der Waals surface area contributed by atoms with Gasteiger partial charge in [-0.3, -0.25) is 14.7 Å². The lowest BCUT2D eigenvalue weighted by Gasteiger charge is -2.02. The van der Waals surface area contributed by atoms with E-state index in [-0.39, 0.29) is 24.1 Å². The average Bonchev–Trinajstić information content (AvgIpc) is 3.06. The molecule has 2 aromatic heterocycles. The summed E-state index contributed by atoms with van der Waals surface area (Å²) in [6, 6.07) is 5.53. The van der Waals surface area contributed by atoms with Gasteiger partial charge in [0.15, 0.2) is 5.69 Å². The van der Waals surface area contributed by atoms with Gasteiger partial charge in [-0.2, -0.15) is 5.10 Å². The monoisotopic (exact) mass is 278 g/mol. The molecule has 0 bridgehead atoms. The molecule has 0 aliphatic rings. The van der Waals surface area contributed by atoms with Crippen LogP contribution in [0.1, 0.15) is 17.4 Å². The number of likely N-dealkylation sites (N-methyl/N-ethyl adjacent to an activating group) is 1. The van der Waals surface area contributed by atoms with Gasteiger partial charge in [-0.15, -0.1) is 11.3 Å². The van der Waals surface area contributed by atoms with Crippen LogP contribution < -0.4 is 10.6 Å². The van der Waals surface area contributed by atoms with Gasteiger partial charge in [0, 0.05) is 6.54 Å². The molecule has 6 nitrogen and oxygen atoms in total. The molecule has 0 saturated heterocycles. The number of hydrogen-bond donors (Lipinski definition) is 3. The Kier molecular flexibility index (Phi) is 4.30. The third kappa shape index (κ3) is 3.41. The van der Waals surface area contributed by atoms with E-state index in [4.69, 9.17) is 0 Å². The lowest BCUT2D eigenvalue weighted by molar-refractivity contribution is -0.120. The van der Waals surface area contributed by atoms with Crippen LogP contribution in [0.3, 0.4) is 0 Å². The number of carbonyl (C=O) groups is 2. The number of aromatic nitrogens is 2. The molecule has 100 valence electrons. The van der Waals surface area contributed by atoms with Crippen LogP contribution in [-0.4, -0.2) is 35.1 Å². The molecule has 0 aliphatic carbocycles. The molecule has 7 heteroatoms. The van der Waals surface area contributed by atoms with Crippen molar-refractivity contribution >= 4 is 23.2 Å². The fourth-order valence-electron chi connectivity index (χ4n) is 1.51. The number of H-pyrrole nitrogens is 1. The van der Waals surface area contributed by atoms with Crippen LogP contribution in [0.25, 0.3) is 10.6 Å². The lowest BCUT2D eigenvalue weighted by Crippen LogP contribution is -2.36. The summed E-state index contributed by atoms with van der Waals surface area (Å²) in [6.45, 7) is 2.31. The Hall–Kier alpha value is -2.15. The molecule has 0 fully saturated rings. The van der Waals surface area contributed by atoms with Gasteiger partial charge >= 0.3 is 0 Å². The van der Waals surface area contributed by atoms with Gasteiger partial charge in [-0.25, -0.2) is 0 Å². The van der Waals surface area contributed by atoms with Gasteiger partial charge in [-0.05, 0) is 24.4 Å². The van der Waals surface area contributed by atoms with E-state index in [2.05, 4.69) is 20.8 Å². The smallest absolute Gasteiger partial charge is 0.272 e. The second-order valence-electron chi connectivity index (χ2n) is 3.78. The Balaban J connectivity index is 1.95. The summed E-state index contributed by atoms with van der Waals surface area (Å²) in [7, 11) is 0. The Labute approximate surface area is 114 Å². The molecular weight excluding hydrogens is 264 g/mol. The molecule has 2 rings (SSSR count). The molecule has 0 radical (unpaired) electrons. The predicted molar refractivity (Wildman–Crippen MR) is 72.9 cm³/mol. The molecule has 0 spiro atoms. The van der Waals surface area contributed by atoms with Crippen molar-refractivity contribution in [2.45, 2.75) is 6.92 Å². The van der Waals surface area contributed by atoms with Gasteiger partial charge in [-0.1, -0.05) is 6.07 Å². The highest BCUT2D eigenvalue weighted by atomic mass is 32.1. The number of thiophene rings is 1. The first-order chi connectivity index (χ1) is 9.20. The van der Waals surface area contributed by atoms with Crippen molar-refractivity contribution in [3.05, 3.63) is 29.3 Å². The number of amides is 2. The predicted octanol–water partition coefficient (Wildman–Crippen LogP) is 1.00. The Bertz CT molecular complexity index is 562. The summed E-state index contributed by atoms with van der Waals surface area (Å²) < 4.78 is 0. The summed E-state index contributed by atoms with van der Waals surface area (Å²) in [5.41, 5.74) is 1.06. The minimum Gasteiger partial charge on any atom is -0.355 e. The van der Waals surface area contributed by atoms with Crippen LogP contribution in [0.2, 0.25) is 0 Å². The van der Waals surface area contributed by atoms with Crippen LogP contribution in [-0.2, 0) is 4.79 Å². The van der Waals surface area contributed by atoms with E-state index < -0.39 is 0 Å². The second-order valence-corrected chi connectivity index (χ2v) is 4.73. The molecule has 19 heavy (non-hydrogen) atoms. The van der Waals surface area contributed by atoms with Gasteiger partial charge in [0.25, 0.3) is 5.91 Å². The van der Waals surface area contributed by atoms with E-state index in [1.807, 2.05) is 24.4 Å². The van der Waals surface area contributed by atoms with Gasteiger partial charge in [0.2, 0.25) is 5.91 Å². The molecule has 3 N–H and O–H groups in total. The molecule has 0 aromatic carbocycles. The molecule has 0 aliphatic heterocycles. The van der Waals surface area contributed by atoms with Crippen LogP contribution in [0.4, 0.5) is 0 Å². The number of nitrogens with one attached hydrogen (secondary N) is 3. The van der Waals surface area contributed by atoms with Gasteiger partial charge in [0.1, 0.15) is 0 Å². The first-order valence-corrected chi connectivity index (χ1v) is 6.73. The van der Waals surface area contributed by atoms with Crippen molar-refractivity contribution in [3.8, 4) is 10.6 Å². The SMILES string of the molecule is CCNC(=O)CNC(=O)c1cc(-c2cccs2)[nH]n1. The van der Waals surface area contributed by atoms with E-state index in [0.717, 1.165) is 10.6 Å². The number of hydrogen-bond acceptors (Lipinski definition) is 4. The fraction of sp³-hybridized carbons (Fsp3) is 0.250. The minimum absolute atomic E-state index is 0.0477. The highest BCUT2D eigenvalue weighted by Gasteiger charge is 2.12. The largest absolute Gasteiger partial charge is 0.355 e. The highest BCUT2D eigenvalue weighted by Crippen LogP contribution is 2.22. The summed E-state index contributed by atoms with van der Waals surface area (Å²) in [6.07, 6.45) is 0. The topological polar surface area (TPSA) is 86.9 Å². The summed E-state index contributed by atoms with van der Waals surface area (Å²) in [4.78, 5) is 24.0. The average molecular weight is 278 g/mol. The first kappa shape index (κ1) is 13.3. The Morgan fingerprint density at radius 3 is 2.95 bits per heavy atom. The number of rotatable bonds is 5. The fourth-order valence-corrected chi connectivity index (χ4v) is 2.20. The highest BCUT2D eigenvalue weighted by molar-refractivity contribution is 7.13. The molecule has 0 atom stereocenters. The van der Waals surface area contributed by atoms with E-state index in [9.17, 15) is 9.59 Å². The van der Waals surface area contributed by atoms with E-state index in [0.29, 0.717) is 6.54 Å². The van der Waals surface area contributed by atoms with Crippen molar-refractivity contribution in [3.63, 3.8) is 0 Å².